The number of hydrogen-bond acceptors (Lipinski definition) is 4. The van der Waals surface area contributed by atoms with Gasteiger partial charge in [0.1, 0.15) is 0 Å². The van der Waals surface area contributed by atoms with Crippen LogP contribution in [0.5, 0.6) is 0 Å². The van der Waals surface area contributed by atoms with Gasteiger partial charge in [0.25, 0.3) is 0 Å². The summed E-state index contributed by atoms with van der Waals surface area (Å²) in [6.45, 7) is 5.72. The summed E-state index contributed by atoms with van der Waals surface area (Å²) < 4.78 is 0. The highest BCUT2D eigenvalue weighted by molar-refractivity contribution is 5.89. The second-order valence-corrected chi connectivity index (χ2v) is 7.31. The van der Waals surface area contributed by atoms with Crippen molar-refractivity contribution in [3.63, 3.8) is 0 Å². The van der Waals surface area contributed by atoms with Gasteiger partial charge in [-0.2, -0.15) is 5.10 Å². The number of nitrogens with one attached hydrogen (secondary N) is 1. The molecule has 1 unspecified atom stereocenters. The maximum absolute atomic E-state index is 12.7. The summed E-state index contributed by atoms with van der Waals surface area (Å²) in [5.41, 5.74) is 4.38. The Bertz CT molecular complexity index is 782. The van der Waals surface area contributed by atoms with Crippen LogP contribution in [0.25, 0.3) is 0 Å². The first-order chi connectivity index (χ1) is 13.0. The molecule has 0 aromatic carbocycles. The number of aromatic nitrogens is 3. The second-order valence-electron chi connectivity index (χ2n) is 7.31. The van der Waals surface area contributed by atoms with Crippen LogP contribution >= 0.6 is 0 Å². The van der Waals surface area contributed by atoms with E-state index in [0.29, 0.717) is 26.1 Å². The number of aromatic amines is 1. The monoisotopic (exact) mass is 369 g/mol. The van der Waals surface area contributed by atoms with E-state index in [-0.39, 0.29) is 17.7 Å². The summed E-state index contributed by atoms with van der Waals surface area (Å²) in [6, 6.07) is 3.79. The summed E-state index contributed by atoms with van der Waals surface area (Å²) in [6.07, 6.45) is 5.51. The summed E-state index contributed by atoms with van der Waals surface area (Å²) >= 11 is 0. The molecule has 7 nitrogen and oxygen atoms in total. The summed E-state index contributed by atoms with van der Waals surface area (Å²) in [5.74, 6) is -0.147. The molecule has 0 bridgehead atoms. The van der Waals surface area contributed by atoms with Crippen molar-refractivity contribution in [1.82, 2.24) is 25.0 Å². The Labute approximate surface area is 159 Å². The minimum atomic E-state index is -0.248. The lowest BCUT2D eigenvalue weighted by molar-refractivity contribution is -0.134. The van der Waals surface area contributed by atoms with E-state index in [0.717, 1.165) is 29.8 Å². The minimum Gasteiger partial charge on any atom is -0.345 e. The number of carbonyl (C=O) groups excluding carboxylic acids is 2. The normalized spacial score (nSPS) is 16.8. The van der Waals surface area contributed by atoms with Crippen molar-refractivity contribution in [1.29, 1.82) is 0 Å². The zero-order chi connectivity index (χ0) is 19.4. The molecule has 1 aliphatic rings. The molecule has 1 fully saturated rings. The highest BCUT2D eigenvalue weighted by Crippen LogP contribution is 2.22. The van der Waals surface area contributed by atoms with Gasteiger partial charge in [-0.1, -0.05) is 0 Å². The zero-order valence-electron chi connectivity index (χ0n) is 16.2. The van der Waals surface area contributed by atoms with Crippen molar-refractivity contribution in [2.75, 3.05) is 20.1 Å². The quantitative estimate of drug-likeness (QED) is 0.808. The van der Waals surface area contributed by atoms with E-state index in [1.165, 1.54) is 5.56 Å². The number of likely N-dealkylation sites (tertiary alicyclic amines) is 1. The van der Waals surface area contributed by atoms with Crippen LogP contribution in [0.2, 0.25) is 0 Å². The van der Waals surface area contributed by atoms with Gasteiger partial charge in [0.15, 0.2) is 0 Å². The highest BCUT2D eigenvalue weighted by atomic mass is 16.2. The van der Waals surface area contributed by atoms with Crippen LogP contribution in [-0.2, 0) is 22.6 Å². The van der Waals surface area contributed by atoms with Crippen molar-refractivity contribution in [3.8, 4) is 0 Å². The van der Waals surface area contributed by atoms with E-state index in [1.807, 2.05) is 33.0 Å². The maximum atomic E-state index is 12.7. The van der Waals surface area contributed by atoms with Gasteiger partial charge in [0.2, 0.25) is 11.8 Å². The first-order valence-electron chi connectivity index (χ1n) is 9.37. The van der Waals surface area contributed by atoms with Crippen LogP contribution in [0.1, 0.15) is 35.4 Å². The van der Waals surface area contributed by atoms with Crippen LogP contribution in [0.3, 0.4) is 0 Å². The molecule has 27 heavy (non-hydrogen) atoms. The fraction of sp³-hybridized carbons (Fsp3) is 0.500. The summed E-state index contributed by atoms with van der Waals surface area (Å²) in [7, 11) is 1.83. The molecule has 2 amide bonds. The van der Waals surface area contributed by atoms with Gasteiger partial charge >= 0.3 is 0 Å². The van der Waals surface area contributed by atoms with Gasteiger partial charge in [-0.05, 0) is 49.9 Å². The van der Waals surface area contributed by atoms with Gasteiger partial charge in [-0.3, -0.25) is 19.7 Å². The predicted molar refractivity (Wildman–Crippen MR) is 102 cm³/mol. The van der Waals surface area contributed by atoms with Crippen LogP contribution in [0.4, 0.5) is 0 Å². The van der Waals surface area contributed by atoms with Gasteiger partial charge in [-0.25, -0.2) is 0 Å². The number of pyridine rings is 1. The number of H-pyrrole nitrogens is 1. The third kappa shape index (κ3) is 4.53. The number of carbonyl (C=O) groups is 2. The van der Waals surface area contributed by atoms with Crippen molar-refractivity contribution >= 4 is 11.8 Å². The molecular weight excluding hydrogens is 342 g/mol. The Morgan fingerprint density at radius 1 is 1.33 bits per heavy atom. The number of nitrogens with zero attached hydrogens (tertiary/aromatic N) is 4. The molecule has 144 valence electrons. The molecule has 7 heteroatoms. The Morgan fingerprint density at radius 2 is 2.07 bits per heavy atom. The molecule has 0 aliphatic carbocycles. The fourth-order valence-corrected chi connectivity index (χ4v) is 3.66. The highest BCUT2D eigenvalue weighted by Gasteiger charge is 2.35. The maximum Gasteiger partial charge on any atom is 0.227 e. The fourth-order valence-electron chi connectivity index (χ4n) is 3.66. The topological polar surface area (TPSA) is 82.2 Å². The molecular formula is C20H27N5O2. The Morgan fingerprint density at radius 3 is 2.74 bits per heavy atom. The standard InChI is InChI=1S/C20H27N5O2/c1-14-18(15(2)23-22-14)5-4-10-24(3)20(27)17-11-19(26)25(13-17)12-16-6-8-21-9-7-16/h6-9,17H,4-5,10-13H2,1-3H3,(H,22,23). The van der Waals surface area contributed by atoms with E-state index < -0.39 is 0 Å². The molecule has 2 aromatic rings. The van der Waals surface area contributed by atoms with E-state index in [2.05, 4.69) is 15.2 Å². The van der Waals surface area contributed by atoms with Gasteiger partial charge in [0, 0.05) is 51.2 Å². The van der Waals surface area contributed by atoms with E-state index >= 15 is 0 Å². The molecule has 1 saturated heterocycles. The Balaban J connectivity index is 1.49. The summed E-state index contributed by atoms with van der Waals surface area (Å²) in [5, 5.41) is 7.21. The van der Waals surface area contributed by atoms with Crippen LogP contribution in [0, 0.1) is 19.8 Å². The molecule has 1 N–H and O–H groups in total. The smallest absolute Gasteiger partial charge is 0.227 e. The van der Waals surface area contributed by atoms with Crippen LogP contribution in [0.15, 0.2) is 24.5 Å². The molecule has 0 saturated carbocycles. The third-order valence-corrected chi connectivity index (χ3v) is 5.26. The molecule has 3 heterocycles. The molecule has 3 rings (SSSR count). The molecule has 0 radical (unpaired) electrons. The van der Waals surface area contributed by atoms with Crippen molar-refractivity contribution in [3.05, 3.63) is 47.0 Å². The van der Waals surface area contributed by atoms with E-state index in [4.69, 9.17) is 0 Å². The zero-order valence-corrected chi connectivity index (χ0v) is 16.2. The lowest BCUT2D eigenvalue weighted by Gasteiger charge is -2.21. The van der Waals surface area contributed by atoms with Crippen molar-refractivity contribution < 1.29 is 9.59 Å². The minimum absolute atomic E-state index is 0.0446. The van der Waals surface area contributed by atoms with E-state index in [9.17, 15) is 9.59 Å². The molecule has 2 aromatic heterocycles. The Hall–Kier alpha value is -2.70. The van der Waals surface area contributed by atoms with Crippen molar-refractivity contribution in [2.24, 2.45) is 5.92 Å². The predicted octanol–water partition coefficient (Wildman–Crippen LogP) is 1.86. The lowest BCUT2D eigenvalue weighted by Crippen LogP contribution is -2.35. The number of hydrogen-bond donors (Lipinski definition) is 1. The lowest BCUT2D eigenvalue weighted by atomic mass is 10.1. The molecule has 0 spiro atoms. The third-order valence-electron chi connectivity index (χ3n) is 5.26. The number of rotatable bonds is 7. The van der Waals surface area contributed by atoms with Gasteiger partial charge < -0.3 is 9.80 Å². The van der Waals surface area contributed by atoms with Crippen LogP contribution in [-0.4, -0.2) is 56.9 Å². The Kier molecular flexibility index (Phi) is 5.88. The van der Waals surface area contributed by atoms with Gasteiger partial charge in [0.05, 0.1) is 11.6 Å². The average molecular weight is 369 g/mol. The van der Waals surface area contributed by atoms with Gasteiger partial charge in [-0.15, -0.1) is 0 Å². The SMILES string of the molecule is Cc1n[nH]c(C)c1CCCN(C)C(=O)C1CC(=O)N(Cc2ccncc2)C1. The van der Waals surface area contributed by atoms with Crippen molar-refractivity contribution in [2.45, 2.75) is 39.7 Å². The molecule has 1 aliphatic heterocycles. The van der Waals surface area contributed by atoms with Crippen LogP contribution < -0.4 is 0 Å². The summed E-state index contributed by atoms with van der Waals surface area (Å²) in [4.78, 5) is 32.5. The number of amides is 2. The second kappa shape index (κ2) is 8.33. The first kappa shape index (κ1) is 19.1. The number of aryl methyl sites for hydroxylation is 2. The average Bonchev–Trinajstić information content (AvgIpc) is 3.18. The largest absolute Gasteiger partial charge is 0.345 e. The molecule has 1 atom stereocenters. The first-order valence-corrected chi connectivity index (χ1v) is 9.37. The van der Waals surface area contributed by atoms with E-state index in [1.54, 1.807) is 22.2 Å².